The van der Waals surface area contributed by atoms with Crippen molar-refractivity contribution in [1.29, 1.82) is 0 Å². The molecular weight excluding hydrogens is 388 g/mol. The molecule has 4 aromatic rings. The lowest BCUT2D eigenvalue weighted by molar-refractivity contribution is -0.117. The number of amides is 1. The van der Waals surface area contributed by atoms with Gasteiger partial charge in [0.1, 0.15) is 17.1 Å². The van der Waals surface area contributed by atoms with Gasteiger partial charge < -0.3 is 19.4 Å². The lowest BCUT2D eigenvalue weighted by atomic mass is 10.1. The number of carbonyl (C=O) groups is 1. The van der Waals surface area contributed by atoms with Crippen LogP contribution in [0.1, 0.15) is 24.0 Å². The summed E-state index contributed by atoms with van der Waals surface area (Å²) in [6.07, 6.45) is 5.65. The maximum atomic E-state index is 12.0. The molecule has 31 heavy (non-hydrogen) atoms. The largest absolute Gasteiger partial charge is 0.456 e. The summed E-state index contributed by atoms with van der Waals surface area (Å²) in [6, 6.07) is 20.5. The first-order valence-electron chi connectivity index (χ1n) is 10.6. The lowest BCUT2D eigenvalue weighted by Crippen LogP contribution is -2.14. The molecule has 6 nitrogen and oxygen atoms in total. The number of nitrogens with one attached hydrogen (secondary N) is 1. The molecular formula is C25H22N4O2. The maximum absolute atomic E-state index is 12.0. The molecule has 1 fully saturated rings. The summed E-state index contributed by atoms with van der Waals surface area (Å²) in [5.41, 5.74) is 4.66. The predicted octanol–water partition coefficient (Wildman–Crippen LogP) is 5.00. The summed E-state index contributed by atoms with van der Waals surface area (Å²) in [5.74, 6) is 2.28. The number of hydrogen-bond donors (Lipinski definition) is 1. The molecule has 0 atom stereocenters. The van der Waals surface area contributed by atoms with Gasteiger partial charge in [0, 0.05) is 30.8 Å². The number of aromatic nitrogens is 2. The summed E-state index contributed by atoms with van der Waals surface area (Å²) >= 11 is 0. The highest BCUT2D eigenvalue weighted by molar-refractivity contribution is 5.93. The Hall–Kier alpha value is -3.80. The third-order valence-corrected chi connectivity index (χ3v) is 5.88. The van der Waals surface area contributed by atoms with Gasteiger partial charge in [0.15, 0.2) is 5.82 Å². The topological polar surface area (TPSA) is 58.9 Å². The minimum atomic E-state index is 0.0563. The van der Waals surface area contributed by atoms with Crippen molar-refractivity contribution in [2.24, 2.45) is 5.92 Å². The molecule has 2 aromatic carbocycles. The molecule has 0 spiro atoms. The highest BCUT2D eigenvalue weighted by Gasteiger charge is 2.30. The van der Waals surface area contributed by atoms with E-state index in [1.54, 1.807) is 0 Å². The van der Waals surface area contributed by atoms with E-state index in [4.69, 9.17) is 4.74 Å². The quantitative estimate of drug-likeness (QED) is 0.503. The molecule has 1 aliphatic heterocycles. The van der Waals surface area contributed by atoms with Crippen LogP contribution < -0.4 is 15.0 Å². The summed E-state index contributed by atoms with van der Waals surface area (Å²) in [4.78, 5) is 18.8. The van der Waals surface area contributed by atoms with Crippen LogP contribution in [0.25, 0.3) is 5.65 Å². The van der Waals surface area contributed by atoms with Crippen LogP contribution >= 0.6 is 0 Å². The van der Waals surface area contributed by atoms with E-state index in [2.05, 4.69) is 51.6 Å². The monoisotopic (exact) mass is 410 g/mol. The molecule has 6 heteroatoms. The van der Waals surface area contributed by atoms with Crippen LogP contribution in [0.4, 0.5) is 11.5 Å². The number of pyridine rings is 1. The van der Waals surface area contributed by atoms with Gasteiger partial charge in [-0.2, -0.15) is 0 Å². The zero-order valence-electron chi connectivity index (χ0n) is 17.0. The lowest BCUT2D eigenvalue weighted by Gasteiger charge is -2.18. The Bertz CT molecular complexity index is 1270. The van der Waals surface area contributed by atoms with Gasteiger partial charge in [0.05, 0.1) is 12.4 Å². The van der Waals surface area contributed by atoms with Gasteiger partial charge >= 0.3 is 0 Å². The third-order valence-electron chi connectivity index (χ3n) is 5.88. The number of anilines is 2. The molecule has 0 radical (unpaired) electrons. The van der Waals surface area contributed by atoms with Crippen molar-refractivity contribution < 1.29 is 9.53 Å². The van der Waals surface area contributed by atoms with Crippen molar-refractivity contribution in [3.8, 4) is 11.5 Å². The fourth-order valence-corrected chi connectivity index (χ4v) is 4.06. The second-order valence-electron chi connectivity index (χ2n) is 8.24. The highest BCUT2D eigenvalue weighted by atomic mass is 16.5. The van der Waals surface area contributed by atoms with Crippen LogP contribution in [-0.4, -0.2) is 15.3 Å². The molecule has 0 saturated heterocycles. The molecule has 3 heterocycles. The van der Waals surface area contributed by atoms with Crippen molar-refractivity contribution in [3.05, 3.63) is 84.2 Å². The first kappa shape index (κ1) is 18.0. The van der Waals surface area contributed by atoms with Crippen molar-refractivity contribution >= 4 is 23.1 Å². The minimum Gasteiger partial charge on any atom is -0.456 e. The Kier molecular flexibility index (Phi) is 4.16. The molecule has 1 N–H and O–H groups in total. The first-order chi connectivity index (χ1) is 15.2. The molecule has 6 rings (SSSR count). The summed E-state index contributed by atoms with van der Waals surface area (Å²) < 4.78 is 8.01. The second kappa shape index (κ2) is 7.16. The zero-order valence-corrected chi connectivity index (χ0v) is 17.0. The number of ether oxygens (including phenoxy) is 1. The SMILES string of the molecule is O=C(Nc1cn2cc(Oc3cccc(N4Cc5ccccc5C4)c3)ccc2n1)C1CC1. The zero-order chi connectivity index (χ0) is 20.8. The van der Waals surface area contributed by atoms with E-state index in [1.165, 1.54) is 11.1 Å². The Labute approximate surface area is 180 Å². The molecule has 1 aliphatic carbocycles. The number of benzene rings is 2. The number of nitrogens with zero attached hydrogens (tertiary/aromatic N) is 3. The van der Waals surface area contributed by atoms with Gasteiger partial charge in [0.2, 0.25) is 5.91 Å². The Morgan fingerprint density at radius 1 is 0.935 bits per heavy atom. The van der Waals surface area contributed by atoms with Gasteiger partial charge in [-0.25, -0.2) is 4.98 Å². The number of hydrogen-bond acceptors (Lipinski definition) is 4. The van der Waals surface area contributed by atoms with Crippen molar-refractivity contribution in [3.63, 3.8) is 0 Å². The summed E-state index contributed by atoms with van der Waals surface area (Å²) in [7, 11) is 0. The van der Waals surface area contributed by atoms with E-state index in [1.807, 2.05) is 41.1 Å². The number of imidazole rings is 1. The number of carbonyl (C=O) groups excluding carboxylic acids is 1. The van der Waals surface area contributed by atoms with Crippen LogP contribution in [0.5, 0.6) is 11.5 Å². The number of fused-ring (bicyclic) bond motifs is 2. The van der Waals surface area contributed by atoms with E-state index < -0.39 is 0 Å². The van der Waals surface area contributed by atoms with Gasteiger partial charge in [-0.05, 0) is 48.2 Å². The highest BCUT2D eigenvalue weighted by Crippen LogP contribution is 2.32. The third kappa shape index (κ3) is 3.61. The second-order valence-corrected chi connectivity index (χ2v) is 8.24. The molecule has 0 unspecified atom stereocenters. The molecule has 0 bridgehead atoms. The van der Waals surface area contributed by atoms with Gasteiger partial charge in [-0.3, -0.25) is 4.79 Å². The minimum absolute atomic E-state index is 0.0563. The predicted molar refractivity (Wildman–Crippen MR) is 119 cm³/mol. The summed E-state index contributed by atoms with van der Waals surface area (Å²) in [5, 5.41) is 2.89. The molecule has 154 valence electrons. The van der Waals surface area contributed by atoms with Crippen LogP contribution in [0.2, 0.25) is 0 Å². The smallest absolute Gasteiger partial charge is 0.228 e. The fourth-order valence-electron chi connectivity index (χ4n) is 4.06. The van der Waals surface area contributed by atoms with Crippen molar-refractivity contribution in [2.75, 3.05) is 10.2 Å². The first-order valence-corrected chi connectivity index (χ1v) is 10.6. The van der Waals surface area contributed by atoms with Crippen LogP contribution in [0.3, 0.4) is 0 Å². The fraction of sp³-hybridized carbons (Fsp3) is 0.200. The van der Waals surface area contributed by atoms with E-state index >= 15 is 0 Å². The maximum Gasteiger partial charge on any atom is 0.228 e. The average Bonchev–Trinajstić information content (AvgIpc) is 3.42. The Morgan fingerprint density at radius 3 is 2.52 bits per heavy atom. The van der Waals surface area contributed by atoms with Gasteiger partial charge in [-0.15, -0.1) is 0 Å². The molecule has 1 amide bonds. The van der Waals surface area contributed by atoms with Crippen LogP contribution in [0, 0.1) is 5.92 Å². The summed E-state index contributed by atoms with van der Waals surface area (Å²) in [6.45, 7) is 1.83. The Balaban J connectivity index is 1.19. The van der Waals surface area contributed by atoms with E-state index in [-0.39, 0.29) is 11.8 Å². The van der Waals surface area contributed by atoms with Gasteiger partial charge in [0.25, 0.3) is 0 Å². The average molecular weight is 410 g/mol. The van der Waals surface area contributed by atoms with Crippen molar-refractivity contribution in [1.82, 2.24) is 9.38 Å². The van der Waals surface area contributed by atoms with Gasteiger partial charge in [-0.1, -0.05) is 30.3 Å². The van der Waals surface area contributed by atoms with E-state index in [9.17, 15) is 4.79 Å². The standard InChI is InChI=1S/C25H22N4O2/c30-25(17-8-9-17)27-23-16-29-15-22(10-11-24(29)26-23)31-21-7-3-6-20(12-21)28-13-18-4-1-2-5-19(18)14-28/h1-7,10-12,15-17H,8-9,13-14H2,(H,27,30). The Morgan fingerprint density at radius 2 is 1.74 bits per heavy atom. The van der Waals surface area contributed by atoms with E-state index in [0.717, 1.165) is 43.0 Å². The van der Waals surface area contributed by atoms with Crippen molar-refractivity contribution in [2.45, 2.75) is 25.9 Å². The number of rotatable bonds is 5. The van der Waals surface area contributed by atoms with Crippen LogP contribution in [-0.2, 0) is 17.9 Å². The molecule has 2 aliphatic rings. The normalized spacial score (nSPS) is 15.2. The van der Waals surface area contributed by atoms with E-state index in [0.29, 0.717) is 11.6 Å². The van der Waals surface area contributed by atoms with Crippen LogP contribution in [0.15, 0.2) is 73.1 Å². The molecule has 2 aromatic heterocycles. The molecule has 1 saturated carbocycles.